The molecule has 0 spiro atoms. The molecular formula is C7H14N2O3. The minimum atomic E-state index is -0.512. The van der Waals surface area contributed by atoms with Crippen molar-refractivity contribution in [2.45, 2.75) is 12.5 Å². The molecule has 0 aliphatic rings. The number of likely N-dealkylation sites (N-methyl/N-ethyl adjacent to an activating group) is 2. The molecule has 0 heterocycles. The van der Waals surface area contributed by atoms with E-state index < -0.39 is 12.0 Å². The lowest BCUT2D eigenvalue weighted by Gasteiger charge is -2.12. The second-order valence-electron chi connectivity index (χ2n) is 2.24. The number of nitrogens with one attached hydrogen (secondary N) is 2. The lowest BCUT2D eigenvalue weighted by molar-refractivity contribution is -0.143. The number of carbonyl (C=O) groups is 2. The van der Waals surface area contributed by atoms with Gasteiger partial charge in [-0.3, -0.25) is 9.59 Å². The van der Waals surface area contributed by atoms with E-state index in [9.17, 15) is 9.59 Å². The first kappa shape index (κ1) is 10.9. The largest absolute Gasteiger partial charge is 0.469 e. The summed E-state index contributed by atoms with van der Waals surface area (Å²) in [6.07, 6.45) is 0.0483. The van der Waals surface area contributed by atoms with Gasteiger partial charge in [0.1, 0.15) is 0 Å². The summed E-state index contributed by atoms with van der Waals surface area (Å²) < 4.78 is 4.42. The zero-order chi connectivity index (χ0) is 9.56. The Morgan fingerprint density at radius 2 is 2.00 bits per heavy atom. The second kappa shape index (κ2) is 5.54. The average molecular weight is 174 g/mol. The molecule has 0 bridgehead atoms. The van der Waals surface area contributed by atoms with Crippen molar-refractivity contribution < 1.29 is 14.3 Å². The molecule has 0 aromatic carbocycles. The summed E-state index contributed by atoms with van der Waals surface area (Å²) in [5.41, 5.74) is 0. The van der Waals surface area contributed by atoms with Gasteiger partial charge in [0.25, 0.3) is 0 Å². The van der Waals surface area contributed by atoms with Crippen molar-refractivity contribution in [3.05, 3.63) is 0 Å². The zero-order valence-corrected chi connectivity index (χ0v) is 7.51. The predicted octanol–water partition coefficient (Wildman–Crippen LogP) is -1.12. The van der Waals surface area contributed by atoms with Crippen LogP contribution in [0.4, 0.5) is 0 Å². The number of amides is 1. The van der Waals surface area contributed by atoms with E-state index in [0.29, 0.717) is 0 Å². The maximum Gasteiger partial charge on any atom is 0.307 e. The smallest absolute Gasteiger partial charge is 0.307 e. The maximum atomic E-state index is 11.0. The third-order valence-electron chi connectivity index (χ3n) is 1.51. The number of carbonyl (C=O) groups excluding carboxylic acids is 2. The fourth-order valence-electron chi connectivity index (χ4n) is 0.750. The molecular weight excluding hydrogens is 160 g/mol. The molecule has 0 aromatic heterocycles. The highest BCUT2D eigenvalue weighted by molar-refractivity contribution is 5.86. The van der Waals surface area contributed by atoms with Gasteiger partial charge in [-0.25, -0.2) is 0 Å². The van der Waals surface area contributed by atoms with Gasteiger partial charge in [0.15, 0.2) is 0 Å². The summed E-state index contributed by atoms with van der Waals surface area (Å²) >= 11 is 0. The number of esters is 1. The fraction of sp³-hybridized carbons (Fsp3) is 0.714. The number of methoxy groups -OCH3 is 1. The van der Waals surface area contributed by atoms with E-state index in [1.807, 2.05) is 0 Å². The minimum Gasteiger partial charge on any atom is -0.469 e. The molecule has 0 radical (unpaired) electrons. The van der Waals surface area contributed by atoms with Crippen LogP contribution in [0.5, 0.6) is 0 Å². The molecule has 0 fully saturated rings. The fourth-order valence-corrected chi connectivity index (χ4v) is 0.750. The number of ether oxygens (including phenoxy) is 1. The highest BCUT2D eigenvalue weighted by atomic mass is 16.5. The van der Waals surface area contributed by atoms with Crippen LogP contribution in [-0.4, -0.2) is 39.1 Å². The monoisotopic (exact) mass is 174 g/mol. The maximum absolute atomic E-state index is 11.0. The van der Waals surface area contributed by atoms with Crippen LogP contribution in [0, 0.1) is 0 Å². The summed E-state index contributed by atoms with van der Waals surface area (Å²) in [5, 5.41) is 5.14. The van der Waals surface area contributed by atoms with Gasteiger partial charge in [-0.1, -0.05) is 0 Å². The summed E-state index contributed by atoms with van der Waals surface area (Å²) in [7, 11) is 4.42. The molecule has 1 atom stereocenters. The molecule has 0 rings (SSSR count). The van der Waals surface area contributed by atoms with Gasteiger partial charge in [-0.2, -0.15) is 0 Å². The van der Waals surface area contributed by atoms with Crippen molar-refractivity contribution in [3.63, 3.8) is 0 Å². The first-order valence-electron chi connectivity index (χ1n) is 3.61. The molecule has 5 heteroatoms. The van der Waals surface area contributed by atoms with Gasteiger partial charge in [0.2, 0.25) is 5.91 Å². The van der Waals surface area contributed by atoms with E-state index in [4.69, 9.17) is 0 Å². The molecule has 0 unspecified atom stereocenters. The quantitative estimate of drug-likeness (QED) is 0.530. The summed E-state index contributed by atoms with van der Waals surface area (Å²) in [5.74, 6) is -0.624. The van der Waals surface area contributed by atoms with Crippen molar-refractivity contribution in [2.24, 2.45) is 0 Å². The van der Waals surface area contributed by atoms with Crippen molar-refractivity contribution in [2.75, 3.05) is 21.2 Å². The van der Waals surface area contributed by atoms with Crippen molar-refractivity contribution in [1.82, 2.24) is 10.6 Å². The van der Waals surface area contributed by atoms with E-state index in [2.05, 4.69) is 15.4 Å². The molecule has 0 aromatic rings. The van der Waals surface area contributed by atoms with Crippen LogP contribution in [0.2, 0.25) is 0 Å². The lowest BCUT2D eigenvalue weighted by atomic mass is 10.2. The molecule has 0 saturated carbocycles. The standard InChI is InChI=1S/C7H14N2O3/c1-8-5(7(11)9-2)4-6(10)12-3/h5,8H,4H2,1-3H3,(H,9,11)/t5-/m0/s1. The molecule has 2 N–H and O–H groups in total. The summed E-state index contributed by atoms with van der Waals surface area (Å²) in [6.45, 7) is 0. The van der Waals surface area contributed by atoms with Crippen LogP contribution in [0.25, 0.3) is 0 Å². The zero-order valence-electron chi connectivity index (χ0n) is 7.51. The van der Waals surface area contributed by atoms with E-state index >= 15 is 0 Å². The van der Waals surface area contributed by atoms with Crippen molar-refractivity contribution in [1.29, 1.82) is 0 Å². The Bertz CT molecular complexity index is 170. The molecule has 1 amide bonds. The first-order valence-corrected chi connectivity index (χ1v) is 3.61. The Kier molecular flexibility index (Phi) is 5.03. The van der Waals surface area contributed by atoms with Gasteiger partial charge in [0.05, 0.1) is 19.6 Å². The van der Waals surface area contributed by atoms with Crippen LogP contribution in [0.3, 0.4) is 0 Å². The Balaban J connectivity index is 3.99. The van der Waals surface area contributed by atoms with Gasteiger partial charge >= 0.3 is 5.97 Å². The predicted molar refractivity (Wildman–Crippen MR) is 43.5 cm³/mol. The molecule has 0 aliphatic carbocycles. The number of hydrogen-bond donors (Lipinski definition) is 2. The Hall–Kier alpha value is -1.10. The van der Waals surface area contributed by atoms with E-state index in [1.54, 1.807) is 7.05 Å². The molecule has 0 saturated heterocycles. The summed E-state index contributed by atoms with van der Waals surface area (Å²) in [4.78, 5) is 21.8. The highest BCUT2D eigenvalue weighted by Crippen LogP contribution is 1.93. The van der Waals surface area contributed by atoms with E-state index in [-0.39, 0.29) is 12.3 Å². The lowest BCUT2D eigenvalue weighted by Crippen LogP contribution is -2.42. The Morgan fingerprint density at radius 1 is 1.42 bits per heavy atom. The van der Waals surface area contributed by atoms with Gasteiger partial charge in [-0.05, 0) is 7.05 Å². The number of rotatable bonds is 4. The Morgan fingerprint density at radius 3 is 2.33 bits per heavy atom. The first-order chi connectivity index (χ1) is 5.65. The van der Waals surface area contributed by atoms with Gasteiger partial charge in [0, 0.05) is 7.05 Å². The highest BCUT2D eigenvalue weighted by Gasteiger charge is 2.18. The molecule has 5 nitrogen and oxygen atoms in total. The van der Waals surface area contributed by atoms with E-state index in [0.717, 1.165) is 0 Å². The van der Waals surface area contributed by atoms with Gasteiger partial charge < -0.3 is 15.4 Å². The van der Waals surface area contributed by atoms with Crippen LogP contribution in [0.15, 0.2) is 0 Å². The molecule has 0 aliphatic heterocycles. The normalized spacial score (nSPS) is 11.9. The number of hydrogen-bond acceptors (Lipinski definition) is 4. The average Bonchev–Trinajstić information content (AvgIpc) is 2.12. The van der Waals surface area contributed by atoms with Crippen molar-refractivity contribution in [3.8, 4) is 0 Å². The topological polar surface area (TPSA) is 67.4 Å². The minimum absolute atomic E-state index is 0.0483. The van der Waals surface area contributed by atoms with E-state index in [1.165, 1.54) is 14.2 Å². The molecule has 70 valence electrons. The SMILES string of the molecule is CNC(=O)[C@H](CC(=O)OC)NC. The third kappa shape index (κ3) is 3.34. The second-order valence-corrected chi connectivity index (χ2v) is 2.24. The third-order valence-corrected chi connectivity index (χ3v) is 1.51. The van der Waals surface area contributed by atoms with Crippen LogP contribution in [0.1, 0.15) is 6.42 Å². The molecule has 12 heavy (non-hydrogen) atoms. The van der Waals surface area contributed by atoms with Gasteiger partial charge in [-0.15, -0.1) is 0 Å². The van der Waals surface area contributed by atoms with Crippen LogP contribution >= 0.6 is 0 Å². The summed E-state index contributed by atoms with van der Waals surface area (Å²) in [6, 6.07) is -0.512. The van der Waals surface area contributed by atoms with Crippen LogP contribution < -0.4 is 10.6 Å². The Labute approximate surface area is 71.5 Å². The van der Waals surface area contributed by atoms with Crippen molar-refractivity contribution >= 4 is 11.9 Å². The van der Waals surface area contributed by atoms with Crippen LogP contribution in [-0.2, 0) is 14.3 Å².